The lowest BCUT2D eigenvalue weighted by molar-refractivity contribution is -0.137. The first kappa shape index (κ1) is 21.4. The minimum Gasteiger partial charge on any atom is -0.364 e. The van der Waals surface area contributed by atoms with E-state index < -0.39 is 29.9 Å². The van der Waals surface area contributed by atoms with Crippen molar-refractivity contribution in [3.63, 3.8) is 0 Å². The number of alkyl halides is 1. The molecule has 1 fully saturated rings. The number of primary amides is 1. The van der Waals surface area contributed by atoms with Crippen molar-refractivity contribution in [2.75, 3.05) is 11.9 Å². The average Bonchev–Trinajstić information content (AvgIpc) is 3.35. The molecule has 1 aliphatic rings. The maximum absolute atomic E-state index is 14.2. The summed E-state index contributed by atoms with van der Waals surface area (Å²) in [6, 6.07) is 5.83. The third-order valence-corrected chi connectivity index (χ3v) is 6.40. The number of halogens is 2. The van der Waals surface area contributed by atoms with Gasteiger partial charge in [-0.2, -0.15) is 5.10 Å². The standard InChI is InChI=1S/C19H18BrFN6O3S/c1-9-5-11-17(31-9)16(18(22)29)25-27(11)8-15(28)26-7-10(21)6-12(26)19(30)24-14-4-2-3-13(20)23-14/h2-5,10,12H,6-8H2,1H3,(H2,22,29)(H,23,24,30). The summed E-state index contributed by atoms with van der Waals surface area (Å²) in [7, 11) is 0. The zero-order valence-electron chi connectivity index (χ0n) is 16.3. The molecule has 31 heavy (non-hydrogen) atoms. The lowest BCUT2D eigenvalue weighted by Gasteiger charge is -2.23. The number of amides is 3. The van der Waals surface area contributed by atoms with Crippen LogP contribution in [0.3, 0.4) is 0 Å². The number of nitrogens with one attached hydrogen (secondary N) is 1. The fraction of sp³-hybridized carbons (Fsp3) is 0.316. The highest BCUT2D eigenvalue weighted by molar-refractivity contribution is 9.10. The number of aryl methyl sites for hydroxylation is 1. The van der Waals surface area contributed by atoms with Crippen molar-refractivity contribution in [1.29, 1.82) is 0 Å². The zero-order chi connectivity index (χ0) is 22.3. The summed E-state index contributed by atoms with van der Waals surface area (Å²) in [6.07, 6.45) is -1.43. The van der Waals surface area contributed by atoms with Gasteiger partial charge in [0.15, 0.2) is 5.69 Å². The van der Waals surface area contributed by atoms with E-state index in [1.807, 2.05) is 6.92 Å². The molecule has 0 spiro atoms. The van der Waals surface area contributed by atoms with Crippen molar-refractivity contribution in [1.82, 2.24) is 19.7 Å². The molecule has 0 radical (unpaired) electrons. The van der Waals surface area contributed by atoms with Crippen molar-refractivity contribution in [2.45, 2.75) is 32.1 Å². The second-order valence-corrected chi connectivity index (χ2v) is 9.24. The van der Waals surface area contributed by atoms with Gasteiger partial charge in [0.05, 0.1) is 16.8 Å². The molecular weight excluding hydrogens is 491 g/mol. The lowest BCUT2D eigenvalue weighted by atomic mass is 10.2. The molecule has 9 nitrogen and oxygen atoms in total. The zero-order valence-corrected chi connectivity index (χ0v) is 18.7. The maximum atomic E-state index is 14.2. The van der Waals surface area contributed by atoms with Crippen LogP contribution in [0.2, 0.25) is 0 Å². The van der Waals surface area contributed by atoms with Crippen LogP contribution < -0.4 is 11.1 Å². The summed E-state index contributed by atoms with van der Waals surface area (Å²) in [4.78, 5) is 43.7. The van der Waals surface area contributed by atoms with E-state index in [9.17, 15) is 18.8 Å². The van der Waals surface area contributed by atoms with Gasteiger partial charge in [-0.15, -0.1) is 11.3 Å². The predicted octanol–water partition coefficient (Wildman–Crippen LogP) is 2.24. The molecule has 1 aliphatic heterocycles. The molecule has 0 saturated carbocycles. The van der Waals surface area contributed by atoms with E-state index in [-0.39, 0.29) is 25.2 Å². The van der Waals surface area contributed by atoms with E-state index in [1.165, 1.54) is 20.9 Å². The number of carbonyl (C=O) groups is 3. The quantitative estimate of drug-likeness (QED) is 0.511. The van der Waals surface area contributed by atoms with Crippen LogP contribution in [0.15, 0.2) is 28.9 Å². The van der Waals surface area contributed by atoms with Crippen molar-refractivity contribution >= 4 is 61.0 Å². The van der Waals surface area contributed by atoms with Gasteiger partial charge in [-0.25, -0.2) is 9.37 Å². The maximum Gasteiger partial charge on any atom is 0.270 e. The van der Waals surface area contributed by atoms with Crippen LogP contribution in [-0.2, 0) is 16.1 Å². The number of aromatic nitrogens is 3. The molecule has 0 aliphatic carbocycles. The molecule has 0 bridgehead atoms. The molecule has 4 heterocycles. The summed E-state index contributed by atoms with van der Waals surface area (Å²) >= 11 is 4.57. The minimum atomic E-state index is -1.32. The number of nitrogens with two attached hydrogens (primary N) is 1. The van der Waals surface area contributed by atoms with Crippen molar-refractivity contribution in [2.24, 2.45) is 5.73 Å². The van der Waals surface area contributed by atoms with Crippen molar-refractivity contribution in [3.8, 4) is 0 Å². The Morgan fingerprint density at radius 2 is 2.16 bits per heavy atom. The topological polar surface area (TPSA) is 123 Å². The largest absolute Gasteiger partial charge is 0.364 e. The third-order valence-electron chi connectivity index (χ3n) is 4.91. The summed E-state index contributed by atoms with van der Waals surface area (Å²) in [5, 5.41) is 6.79. The molecule has 3 N–H and O–H groups in total. The molecule has 2 atom stereocenters. The minimum absolute atomic E-state index is 0.0840. The molecular formula is C19H18BrFN6O3S. The van der Waals surface area contributed by atoms with Gasteiger partial charge >= 0.3 is 0 Å². The monoisotopic (exact) mass is 508 g/mol. The van der Waals surface area contributed by atoms with E-state index in [2.05, 4.69) is 31.3 Å². The Labute approximate surface area is 188 Å². The number of thiophene rings is 1. The Balaban J connectivity index is 1.55. The third kappa shape index (κ3) is 4.30. The number of fused-ring (bicyclic) bond motifs is 1. The second kappa shape index (κ2) is 8.35. The summed E-state index contributed by atoms with van der Waals surface area (Å²) in [6.45, 7) is 1.43. The van der Waals surface area contributed by atoms with Crippen LogP contribution in [0.4, 0.5) is 10.2 Å². The summed E-state index contributed by atoms with van der Waals surface area (Å²) in [5.41, 5.74) is 6.09. The highest BCUT2D eigenvalue weighted by Gasteiger charge is 2.40. The first-order valence-electron chi connectivity index (χ1n) is 9.36. The summed E-state index contributed by atoms with van der Waals surface area (Å²) in [5.74, 6) is -1.40. The normalized spacial score (nSPS) is 18.5. The molecule has 2 unspecified atom stereocenters. The van der Waals surface area contributed by atoms with Crippen LogP contribution in [0, 0.1) is 6.92 Å². The smallest absolute Gasteiger partial charge is 0.270 e. The number of hydrogen-bond acceptors (Lipinski definition) is 6. The molecule has 162 valence electrons. The summed E-state index contributed by atoms with van der Waals surface area (Å²) < 4.78 is 16.7. The van der Waals surface area contributed by atoms with Crippen molar-refractivity contribution in [3.05, 3.63) is 39.4 Å². The fourth-order valence-electron chi connectivity index (χ4n) is 3.58. The Morgan fingerprint density at radius 1 is 1.39 bits per heavy atom. The number of hydrogen-bond donors (Lipinski definition) is 2. The van der Waals surface area contributed by atoms with Crippen LogP contribution in [0.1, 0.15) is 21.8 Å². The van der Waals surface area contributed by atoms with Gasteiger partial charge in [0.1, 0.15) is 29.2 Å². The second-order valence-electron chi connectivity index (χ2n) is 7.17. The molecule has 1 saturated heterocycles. The SMILES string of the molecule is Cc1cc2c(s1)c(C(N)=O)nn2CC(=O)N1CC(F)CC1C(=O)Nc1cccc(Br)n1. The van der Waals surface area contributed by atoms with Gasteiger partial charge in [-0.05, 0) is 41.1 Å². The number of likely N-dealkylation sites (tertiary alicyclic amines) is 1. The van der Waals surface area contributed by atoms with Gasteiger partial charge in [0.2, 0.25) is 11.8 Å². The van der Waals surface area contributed by atoms with Crippen LogP contribution in [0.25, 0.3) is 10.2 Å². The molecule has 0 aromatic carbocycles. The number of nitrogens with zero attached hydrogens (tertiary/aromatic N) is 4. The van der Waals surface area contributed by atoms with Crippen LogP contribution in [-0.4, -0.2) is 56.1 Å². The number of carbonyl (C=O) groups excluding carboxylic acids is 3. The van der Waals surface area contributed by atoms with Crippen LogP contribution >= 0.6 is 27.3 Å². The highest BCUT2D eigenvalue weighted by Crippen LogP contribution is 2.29. The molecule has 3 aromatic rings. The molecule has 12 heteroatoms. The Hall–Kier alpha value is -2.86. The number of pyridine rings is 1. The lowest BCUT2D eigenvalue weighted by Crippen LogP contribution is -2.44. The van der Waals surface area contributed by atoms with Gasteiger partial charge in [-0.1, -0.05) is 6.07 Å². The molecule has 3 aromatic heterocycles. The fourth-order valence-corrected chi connectivity index (χ4v) is 4.92. The predicted molar refractivity (Wildman–Crippen MR) is 116 cm³/mol. The Morgan fingerprint density at radius 3 is 2.87 bits per heavy atom. The molecule has 4 rings (SSSR count). The van der Waals surface area contributed by atoms with E-state index in [0.717, 1.165) is 4.88 Å². The van der Waals surface area contributed by atoms with Crippen LogP contribution in [0.5, 0.6) is 0 Å². The Kier molecular flexibility index (Phi) is 5.75. The van der Waals surface area contributed by atoms with E-state index in [0.29, 0.717) is 20.6 Å². The highest BCUT2D eigenvalue weighted by atomic mass is 79.9. The molecule has 3 amide bonds. The van der Waals surface area contributed by atoms with Gasteiger partial charge in [0.25, 0.3) is 5.91 Å². The number of anilines is 1. The van der Waals surface area contributed by atoms with Gasteiger partial charge < -0.3 is 16.0 Å². The van der Waals surface area contributed by atoms with E-state index in [1.54, 1.807) is 24.3 Å². The Bertz CT molecular complexity index is 1190. The average molecular weight is 509 g/mol. The first-order chi connectivity index (χ1) is 14.7. The first-order valence-corrected chi connectivity index (χ1v) is 11.0. The van der Waals surface area contributed by atoms with E-state index in [4.69, 9.17) is 5.73 Å². The van der Waals surface area contributed by atoms with Gasteiger partial charge in [-0.3, -0.25) is 19.1 Å². The van der Waals surface area contributed by atoms with E-state index >= 15 is 0 Å². The van der Waals surface area contributed by atoms with Crippen molar-refractivity contribution < 1.29 is 18.8 Å². The van der Waals surface area contributed by atoms with Gasteiger partial charge in [0, 0.05) is 11.3 Å². The number of rotatable bonds is 5.